The first-order chi connectivity index (χ1) is 4.33. The summed E-state index contributed by atoms with van der Waals surface area (Å²) in [5.41, 5.74) is 1.32. The molecule has 0 atom stereocenters. The summed E-state index contributed by atoms with van der Waals surface area (Å²) in [5, 5.41) is 0. The summed E-state index contributed by atoms with van der Waals surface area (Å²) in [6, 6.07) is 8.96. The highest BCUT2D eigenvalue weighted by Crippen LogP contribution is 2.07. The monoisotopic (exact) mass is 137 g/mol. The largest absolute Gasteiger partial charge is 0.143 e. The van der Waals surface area contributed by atoms with E-state index in [0.29, 0.717) is 0 Å². The number of rotatable bonds is 1. The minimum Gasteiger partial charge on any atom is -0.143 e. The molecule has 0 bridgehead atoms. The Morgan fingerprint density at radius 1 is 1.67 bits per heavy atom. The van der Waals surface area contributed by atoms with Crippen molar-refractivity contribution in [2.45, 2.75) is 18.2 Å². The number of hydrogen-bond acceptors (Lipinski definition) is 1. The zero-order chi connectivity index (χ0) is 6.69. The van der Waals surface area contributed by atoms with E-state index in [0.717, 1.165) is 11.3 Å². The van der Waals surface area contributed by atoms with Gasteiger partial charge < -0.3 is 0 Å². The van der Waals surface area contributed by atoms with Crippen LogP contribution in [0.4, 0.5) is 0 Å². The highest BCUT2D eigenvalue weighted by atomic mass is 32.1. The molecule has 0 nitrogen and oxygen atoms in total. The van der Waals surface area contributed by atoms with Crippen molar-refractivity contribution in [2.24, 2.45) is 0 Å². The zero-order valence-corrected chi connectivity index (χ0v) is 6.28. The Balaban J connectivity index is 2.94. The summed E-state index contributed by atoms with van der Waals surface area (Å²) < 4.78 is 0. The van der Waals surface area contributed by atoms with E-state index < -0.39 is 0 Å². The van der Waals surface area contributed by atoms with Gasteiger partial charge in [-0.2, -0.15) is 0 Å². The van der Waals surface area contributed by atoms with Crippen LogP contribution in [0.15, 0.2) is 23.1 Å². The van der Waals surface area contributed by atoms with Gasteiger partial charge in [-0.15, -0.1) is 12.6 Å². The molecule has 0 heterocycles. The SMILES string of the molecule is CCc1cc[c]c(S)c1. The van der Waals surface area contributed by atoms with Crippen LogP contribution in [0.2, 0.25) is 0 Å². The normalized spacial score (nSPS) is 9.56. The quantitative estimate of drug-likeness (QED) is 0.564. The maximum atomic E-state index is 4.15. The molecule has 1 aromatic rings. The molecule has 0 aliphatic rings. The molecule has 0 saturated heterocycles. The van der Waals surface area contributed by atoms with Crippen LogP contribution >= 0.6 is 12.6 Å². The van der Waals surface area contributed by atoms with Gasteiger partial charge in [-0.1, -0.05) is 19.1 Å². The van der Waals surface area contributed by atoms with Crippen molar-refractivity contribution in [2.75, 3.05) is 0 Å². The maximum absolute atomic E-state index is 4.15. The molecule has 1 aromatic carbocycles. The van der Waals surface area contributed by atoms with Crippen molar-refractivity contribution >= 4 is 12.6 Å². The molecule has 0 fully saturated rings. The van der Waals surface area contributed by atoms with E-state index in [1.807, 2.05) is 12.1 Å². The molecular formula is C8H9S. The Bertz CT molecular complexity index is 194. The number of hydrogen-bond donors (Lipinski definition) is 1. The van der Waals surface area contributed by atoms with Crippen LogP contribution in [0, 0.1) is 6.07 Å². The second-order valence-electron chi connectivity index (χ2n) is 1.94. The average molecular weight is 137 g/mol. The molecule has 0 N–H and O–H groups in total. The molecular weight excluding hydrogens is 128 g/mol. The first kappa shape index (κ1) is 6.69. The third-order valence-corrected chi connectivity index (χ3v) is 1.52. The first-order valence-corrected chi connectivity index (χ1v) is 3.47. The van der Waals surface area contributed by atoms with Crippen LogP contribution < -0.4 is 0 Å². The van der Waals surface area contributed by atoms with Crippen LogP contribution in [-0.4, -0.2) is 0 Å². The van der Waals surface area contributed by atoms with Gasteiger partial charge in [0.1, 0.15) is 0 Å². The van der Waals surface area contributed by atoms with Crippen molar-refractivity contribution in [3.05, 3.63) is 29.8 Å². The van der Waals surface area contributed by atoms with Gasteiger partial charge in [0.2, 0.25) is 0 Å². The molecule has 0 amide bonds. The average Bonchev–Trinajstić information content (AvgIpc) is 1.88. The van der Waals surface area contributed by atoms with E-state index in [-0.39, 0.29) is 0 Å². The summed E-state index contributed by atoms with van der Waals surface area (Å²) in [6.07, 6.45) is 1.07. The predicted octanol–water partition coefficient (Wildman–Crippen LogP) is 2.34. The van der Waals surface area contributed by atoms with Gasteiger partial charge in [0, 0.05) is 4.90 Å². The smallest absolute Gasteiger partial charge is 0.0122 e. The highest BCUT2D eigenvalue weighted by Gasteiger charge is 1.87. The van der Waals surface area contributed by atoms with Crippen molar-refractivity contribution in [3.8, 4) is 0 Å². The molecule has 0 aliphatic heterocycles. The van der Waals surface area contributed by atoms with Crippen molar-refractivity contribution in [1.29, 1.82) is 0 Å². The van der Waals surface area contributed by atoms with E-state index >= 15 is 0 Å². The van der Waals surface area contributed by atoms with Gasteiger partial charge in [-0.25, -0.2) is 0 Å². The van der Waals surface area contributed by atoms with Gasteiger partial charge >= 0.3 is 0 Å². The second-order valence-corrected chi connectivity index (χ2v) is 2.42. The third kappa shape index (κ3) is 1.75. The lowest BCUT2D eigenvalue weighted by Gasteiger charge is -1.94. The fourth-order valence-electron chi connectivity index (χ4n) is 0.719. The van der Waals surface area contributed by atoms with Crippen LogP contribution in [0.25, 0.3) is 0 Å². The second kappa shape index (κ2) is 2.92. The van der Waals surface area contributed by atoms with E-state index in [4.69, 9.17) is 0 Å². The van der Waals surface area contributed by atoms with E-state index in [2.05, 4.69) is 31.7 Å². The predicted molar refractivity (Wildman–Crippen MR) is 41.9 cm³/mol. The molecule has 47 valence electrons. The lowest BCUT2D eigenvalue weighted by Crippen LogP contribution is -1.77. The lowest BCUT2D eigenvalue weighted by atomic mass is 10.2. The van der Waals surface area contributed by atoms with Crippen LogP contribution in [0.5, 0.6) is 0 Å². The van der Waals surface area contributed by atoms with E-state index in [9.17, 15) is 0 Å². The fraction of sp³-hybridized carbons (Fsp3) is 0.250. The van der Waals surface area contributed by atoms with Gasteiger partial charge in [0.25, 0.3) is 0 Å². The Morgan fingerprint density at radius 3 is 2.89 bits per heavy atom. The summed E-state index contributed by atoms with van der Waals surface area (Å²) in [6.45, 7) is 2.13. The van der Waals surface area contributed by atoms with Crippen LogP contribution in [-0.2, 0) is 6.42 Å². The number of benzene rings is 1. The fourth-order valence-corrected chi connectivity index (χ4v) is 0.960. The highest BCUT2D eigenvalue weighted by molar-refractivity contribution is 7.80. The van der Waals surface area contributed by atoms with Crippen LogP contribution in [0.1, 0.15) is 12.5 Å². The Kier molecular flexibility index (Phi) is 2.17. The molecule has 1 heteroatoms. The summed E-state index contributed by atoms with van der Waals surface area (Å²) >= 11 is 4.15. The Labute approximate surface area is 61.3 Å². The van der Waals surface area contributed by atoms with E-state index in [1.165, 1.54) is 5.56 Å². The molecule has 9 heavy (non-hydrogen) atoms. The van der Waals surface area contributed by atoms with Crippen molar-refractivity contribution in [1.82, 2.24) is 0 Å². The van der Waals surface area contributed by atoms with Gasteiger partial charge in [0.15, 0.2) is 0 Å². The molecule has 1 radical (unpaired) electrons. The van der Waals surface area contributed by atoms with Gasteiger partial charge in [0.05, 0.1) is 0 Å². The number of thiol groups is 1. The minimum absolute atomic E-state index is 0.925. The first-order valence-electron chi connectivity index (χ1n) is 3.02. The summed E-state index contributed by atoms with van der Waals surface area (Å²) in [4.78, 5) is 0.925. The molecule has 0 saturated carbocycles. The van der Waals surface area contributed by atoms with Crippen LogP contribution in [0.3, 0.4) is 0 Å². The van der Waals surface area contributed by atoms with E-state index in [1.54, 1.807) is 0 Å². The zero-order valence-electron chi connectivity index (χ0n) is 5.39. The molecule has 0 unspecified atom stereocenters. The topological polar surface area (TPSA) is 0 Å². The standard InChI is InChI=1S/C8H9S/c1-2-7-4-3-5-8(9)6-7/h3-4,6,9H,2H2,1H3. The van der Waals surface area contributed by atoms with Crippen molar-refractivity contribution < 1.29 is 0 Å². The Morgan fingerprint density at radius 2 is 2.44 bits per heavy atom. The summed E-state index contributed by atoms with van der Waals surface area (Å²) in [5.74, 6) is 0. The maximum Gasteiger partial charge on any atom is 0.0122 e. The molecule has 0 spiro atoms. The Hall–Kier alpha value is -0.430. The molecule has 0 aromatic heterocycles. The van der Waals surface area contributed by atoms with Gasteiger partial charge in [-0.05, 0) is 24.1 Å². The van der Waals surface area contributed by atoms with Gasteiger partial charge in [-0.3, -0.25) is 0 Å². The molecule has 0 aliphatic carbocycles. The lowest BCUT2D eigenvalue weighted by molar-refractivity contribution is 1.12. The number of aryl methyl sites for hydroxylation is 1. The minimum atomic E-state index is 0.925. The third-order valence-electron chi connectivity index (χ3n) is 1.26. The van der Waals surface area contributed by atoms with Crippen molar-refractivity contribution in [3.63, 3.8) is 0 Å². The molecule has 1 rings (SSSR count). The summed E-state index contributed by atoms with van der Waals surface area (Å²) in [7, 11) is 0.